The Kier molecular flexibility index (Phi) is 11.4. The Morgan fingerprint density at radius 1 is 0.980 bits per heavy atom. The van der Waals surface area contributed by atoms with Crippen molar-refractivity contribution >= 4 is 29.4 Å². The summed E-state index contributed by atoms with van der Waals surface area (Å²) in [6, 6.07) is 16.8. The fourth-order valence-electron chi connectivity index (χ4n) is 5.05. The highest BCUT2D eigenvalue weighted by Crippen LogP contribution is 2.37. The zero-order valence-electron chi connectivity index (χ0n) is 27.4. The van der Waals surface area contributed by atoms with Gasteiger partial charge in [0.15, 0.2) is 11.5 Å². The third-order valence-corrected chi connectivity index (χ3v) is 8.26. The molecule has 0 saturated heterocycles. The van der Waals surface area contributed by atoms with Crippen LogP contribution < -0.4 is 29.6 Å². The number of carboxylic acid groups (broad SMARTS) is 1. The number of amides is 1. The smallest absolute Gasteiger partial charge is 0.411 e. The summed E-state index contributed by atoms with van der Waals surface area (Å²) in [4.78, 5) is 27.9. The number of benzene rings is 3. The Balaban J connectivity index is 1.37. The van der Waals surface area contributed by atoms with E-state index in [9.17, 15) is 19.8 Å². The van der Waals surface area contributed by atoms with Gasteiger partial charge >= 0.3 is 12.1 Å². The van der Waals surface area contributed by atoms with E-state index in [0.29, 0.717) is 47.3 Å². The maximum absolute atomic E-state index is 11.9. The minimum Gasteiger partial charge on any atom is -0.488 e. The molecule has 1 aromatic heterocycles. The van der Waals surface area contributed by atoms with Crippen LogP contribution >= 0.6 is 11.6 Å². The summed E-state index contributed by atoms with van der Waals surface area (Å²) in [5, 5.41) is 25.2. The molecule has 0 bridgehead atoms. The number of aromatic nitrogens is 1. The van der Waals surface area contributed by atoms with Gasteiger partial charge in [0.05, 0.1) is 30.1 Å². The van der Waals surface area contributed by atoms with Crippen molar-refractivity contribution in [3.8, 4) is 34.1 Å². The number of nitrogens with one attached hydrogen (secondary N) is 2. The quantitative estimate of drug-likeness (QED) is 0.121. The molecule has 13 heteroatoms. The van der Waals surface area contributed by atoms with Crippen LogP contribution in [0.25, 0.3) is 11.1 Å². The van der Waals surface area contributed by atoms with Crippen LogP contribution in [0.5, 0.6) is 23.0 Å². The molecule has 5 rings (SSSR count). The third-order valence-electron chi connectivity index (χ3n) is 7.97. The molecule has 3 aromatic carbocycles. The molecular formula is C36H38ClN3O9. The van der Waals surface area contributed by atoms with Crippen molar-refractivity contribution in [1.82, 2.24) is 10.3 Å². The molecule has 258 valence electrons. The number of rotatable bonds is 14. The number of aliphatic hydroxyl groups is 1. The number of hydrogen-bond donors (Lipinski definition) is 4. The topological polar surface area (TPSA) is 158 Å². The monoisotopic (exact) mass is 691 g/mol. The summed E-state index contributed by atoms with van der Waals surface area (Å²) < 4.78 is 28.8. The average Bonchev–Trinajstić information content (AvgIpc) is 3.10. The minimum atomic E-state index is -1.60. The fourth-order valence-corrected chi connectivity index (χ4v) is 5.29. The van der Waals surface area contributed by atoms with Crippen molar-refractivity contribution in [2.45, 2.75) is 46.1 Å². The number of fused-ring (bicyclic) bond motifs is 1. The van der Waals surface area contributed by atoms with Crippen LogP contribution in [-0.4, -0.2) is 59.2 Å². The molecule has 1 amide bonds. The highest BCUT2D eigenvalue weighted by atomic mass is 35.5. The SMILES string of the molecule is CCOC(=O)Nc1cncc(COc2cc(OCc3cccc(-c4ccc5c(c4)OCCO5)c3C)c(Cl)cc2CN[C@@](C)(CO)C(=O)O)c1. The number of nitrogens with zero attached hydrogens (tertiary/aromatic N) is 1. The summed E-state index contributed by atoms with van der Waals surface area (Å²) in [5.41, 5.74) is 3.97. The molecule has 2 heterocycles. The lowest BCUT2D eigenvalue weighted by Crippen LogP contribution is -2.52. The molecule has 0 spiro atoms. The van der Waals surface area contributed by atoms with Crippen LogP contribution in [0.3, 0.4) is 0 Å². The van der Waals surface area contributed by atoms with E-state index in [-0.39, 0.29) is 31.4 Å². The summed E-state index contributed by atoms with van der Waals surface area (Å²) in [7, 11) is 0. The Morgan fingerprint density at radius 2 is 1.76 bits per heavy atom. The zero-order valence-corrected chi connectivity index (χ0v) is 28.1. The van der Waals surface area contributed by atoms with Gasteiger partial charge < -0.3 is 33.9 Å². The van der Waals surface area contributed by atoms with Gasteiger partial charge in [-0.1, -0.05) is 35.9 Å². The number of carbonyl (C=O) groups is 2. The van der Waals surface area contributed by atoms with Crippen LogP contribution in [0.15, 0.2) is 67.0 Å². The molecule has 0 aliphatic carbocycles. The number of aliphatic hydroxyl groups excluding tert-OH is 1. The van der Waals surface area contributed by atoms with Crippen molar-refractivity contribution in [3.05, 3.63) is 94.3 Å². The lowest BCUT2D eigenvalue weighted by atomic mass is 9.96. The Labute approximate surface area is 288 Å². The number of carboxylic acids is 1. The molecule has 0 unspecified atom stereocenters. The van der Waals surface area contributed by atoms with Crippen LogP contribution in [0.4, 0.5) is 10.5 Å². The molecule has 4 N–H and O–H groups in total. The average molecular weight is 692 g/mol. The largest absolute Gasteiger partial charge is 0.488 e. The third kappa shape index (κ3) is 8.71. The number of ether oxygens (including phenoxy) is 5. The van der Waals surface area contributed by atoms with Gasteiger partial charge in [-0.2, -0.15) is 0 Å². The first-order valence-electron chi connectivity index (χ1n) is 15.6. The van der Waals surface area contributed by atoms with Gasteiger partial charge in [-0.3, -0.25) is 20.4 Å². The van der Waals surface area contributed by atoms with Crippen molar-refractivity contribution in [2.75, 3.05) is 31.7 Å². The summed E-state index contributed by atoms with van der Waals surface area (Å²) >= 11 is 6.70. The lowest BCUT2D eigenvalue weighted by molar-refractivity contribution is -0.145. The van der Waals surface area contributed by atoms with Gasteiger partial charge in [0.2, 0.25) is 0 Å². The van der Waals surface area contributed by atoms with E-state index >= 15 is 0 Å². The van der Waals surface area contributed by atoms with E-state index < -0.39 is 24.2 Å². The Bertz CT molecular complexity index is 1820. The van der Waals surface area contributed by atoms with E-state index in [1.807, 2.05) is 43.3 Å². The predicted molar refractivity (Wildman–Crippen MR) is 183 cm³/mol. The number of aliphatic carboxylic acids is 1. The van der Waals surface area contributed by atoms with Crippen LogP contribution in [0.1, 0.15) is 36.1 Å². The summed E-state index contributed by atoms with van der Waals surface area (Å²) in [6.45, 7) is 5.98. The van der Waals surface area contributed by atoms with E-state index in [2.05, 4.69) is 15.6 Å². The zero-order chi connectivity index (χ0) is 35.0. The van der Waals surface area contributed by atoms with Crippen molar-refractivity contribution < 1.29 is 43.5 Å². The normalized spacial score (nSPS) is 13.2. The van der Waals surface area contributed by atoms with Crippen LogP contribution in [0, 0.1) is 6.92 Å². The molecule has 49 heavy (non-hydrogen) atoms. The Morgan fingerprint density at radius 3 is 2.51 bits per heavy atom. The van der Waals surface area contributed by atoms with E-state index in [4.69, 9.17) is 35.3 Å². The first-order chi connectivity index (χ1) is 23.6. The second-order valence-electron chi connectivity index (χ2n) is 11.5. The number of halogens is 1. The molecule has 0 saturated carbocycles. The minimum absolute atomic E-state index is 0.0120. The second-order valence-corrected chi connectivity index (χ2v) is 11.9. The van der Waals surface area contributed by atoms with Gasteiger partial charge in [-0.05, 0) is 67.3 Å². The number of hydrogen-bond acceptors (Lipinski definition) is 10. The van der Waals surface area contributed by atoms with Gasteiger partial charge in [0.25, 0.3) is 0 Å². The highest BCUT2D eigenvalue weighted by molar-refractivity contribution is 6.32. The maximum Gasteiger partial charge on any atom is 0.411 e. The van der Waals surface area contributed by atoms with E-state index in [0.717, 1.165) is 28.0 Å². The van der Waals surface area contributed by atoms with Crippen LogP contribution in [0.2, 0.25) is 5.02 Å². The van der Waals surface area contributed by atoms with Gasteiger partial charge in [0.1, 0.15) is 43.5 Å². The number of pyridine rings is 1. The second kappa shape index (κ2) is 15.9. The number of carbonyl (C=O) groups excluding carboxylic acids is 1. The van der Waals surface area contributed by atoms with Crippen LogP contribution in [-0.2, 0) is 29.3 Å². The number of anilines is 1. The standard InChI is InChI=1S/C36H38ClN3O9/c1-4-45-35(44)40-27-12-23(16-38-18-27)19-48-31-15-32(29(37)13-26(31)17-39-36(3,21-41)34(42)43)49-20-25-6-5-7-28(22(25)2)24-8-9-30-33(14-24)47-11-10-46-30/h5-9,12-16,18,39,41H,4,10-11,17,19-21H2,1-3H3,(H,40,44)(H,42,43)/t36-/m0/s1. The van der Waals surface area contributed by atoms with Crippen molar-refractivity contribution in [1.29, 1.82) is 0 Å². The predicted octanol–water partition coefficient (Wildman–Crippen LogP) is 6.13. The van der Waals surface area contributed by atoms with E-state index in [1.54, 1.807) is 31.3 Å². The van der Waals surface area contributed by atoms with Gasteiger partial charge in [0, 0.05) is 29.9 Å². The molecule has 0 radical (unpaired) electrons. The molecule has 4 aromatic rings. The van der Waals surface area contributed by atoms with Crippen molar-refractivity contribution in [2.24, 2.45) is 0 Å². The molecule has 1 atom stereocenters. The Hall–Kier alpha value is -5.04. The fraction of sp³-hybridized carbons (Fsp3) is 0.306. The maximum atomic E-state index is 11.9. The van der Waals surface area contributed by atoms with Crippen molar-refractivity contribution in [3.63, 3.8) is 0 Å². The lowest BCUT2D eigenvalue weighted by Gasteiger charge is -2.25. The molecular weight excluding hydrogens is 654 g/mol. The highest BCUT2D eigenvalue weighted by Gasteiger charge is 2.32. The molecule has 1 aliphatic rings. The summed E-state index contributed by atoms with van der Waals surface area (Å²) in [6.07, 6.45) is 2.47. The molecule has 1 aliphatic heterocycles. The molecule has 0 fully saturated rings. The first-order valence-corrected chi connectivity index (χ1v) is 16.0. The van der Waals surface area contributed by atoms with E-state index in [1.165, 1.54) is 13.1 Å². The van der Waals surface area contributed by atoms with Gasteiger partial charge in [-0.25, -0.2) is 4.79 Å². The first kappa shape index (κ1) is 35.3. The van der Waals surface area contributed by atoms with Gasteiger partial charge in [-0.15, -0.1) is 0 Å². The molecule has 12 nitrogen and oxygen atoms in total. The summed E-state index contributed by atoms with van der Waals surface area (Å²) in [5.74, 6) is 0.930.